The molecule has 0 aliphatic heterocycles. The second-order valence-corrected chi connectivity index (χ2v) is 7.78. The van der Waals surface area contributed by atoms with E-state index < -0.39 is 5.63 Å². The van der Waals surface area contributed by atoms with Gasteiger partial charge < -0.3 is 9.73 Å². The van der Waals surface area contributed by atoms with Crippen LogP contribution in [-0.4, -0.2) is 24.4 Å². The molecule has 3 rings (SSSR count). The van der Waals surface area contributed by atoms with Gasteiger partial charge in [-0.1, -0.05) is 36.7 Å². The summed E-state index contributed by atoms with van der Waals surface area (Å²) in [5.41, 5.74) is 4.70. The van der Waals surface area contributed by atoms with Gasteiger partial charge in [-0.15, -0.1) is 0 Å². The Morgan fingerprint density at radius 3 is 2.48 bits per heavy atom. The zero-order chi connectivity index (χ0) is 21.1. The molecule has 6 heteroatoms. The van der Waals surface area contributed by atoms with E-state index in [9.17, 15) is 9.59 Å². The Kier molecular flexibility index (Phi) is 6.40. The normalized spacial score (nSPS) is 11.2. The zero-order valence-corrected chi connectivity index (χ0v) is 17.9. The first-order valence-electron chi connectivity index (χ1n) is 9.58. The Hall–Kier alpha value is -2.63. The van der Waals surface area contributed by atoms with E-state index in [2.05, 4.69) is 5.32 Å². The van der Waals surface area contributed by atoms with Crippen molar-refractivity contribution in [2.45, 2.75) is 33.7 Å². The number of amides is 1. The molecule has 5 nitrogen and oxygen atoms in total. The van der Waals surface area contributed by atoms with Crippen molar-refractivity contribution in [3.05, 3.63) is 74.1 Å². The molecular weight excluding hydrogens is 388 g/mol. The molecule has 0 unspecified atom stereocenters. The van der Waals surface area contributed by atoms with E-state index in [1.807, 2.05) is 63.1 Å². The quantitative estimate of drug-likeness (QED) is 0.596. The average Bonchev–Trinajstić information content (AvgIpc) is 2.64. The van der Waals surface area contributed by atoms with Gasteiger partial charge in [-0.2, -0.15) is 0 Å². The van der Waals surface area contributed by atoms with E-state index in [0.29, 0.717) is 17.2 Å². The van der Waals surface area contributed by atoms with Gasteiger partial charge >= 0.3 is 5.63 Å². The summed E-state index contributed by atoms with van der Waals surface area (Å²) in [5, 5.41) is 4.42. The minimum Gasteiger partial charge on any atom is -0.423 e. The predicted molar refractivity (Wildman–Crippen MR) is 118 cm³/mol. The highest BCUT2D eigenvalue weighted by molar-refractivity contribution is 6.32. The number of carbonyl (C=O) groups is 1. The fraction of sp³-hybridized carbons (Fsp3) is 0.304. The average molecular weight is 413 g/mol. The number of para-hydroxylation sites is 1. The Balaban J connectivity index is 1.79. The lowest BCUT2D eigenvalue weighted by atomic mass is 10.1. The van der Waals surface area contributed by atoms with Gasteiger partial charge in [-0.25, -0.2) is 4.79 Å². The van der Waals surface area contributed by atoms with Crippen molar-refractivity contribution < 1.29 is 9.21 Å². The van der Waals surface area contributed by atoms with Gasteiger partial charge in [0.1, 0.15) is 5.58 Å². The molecule has 1 N–H and O–H groups in total. The van der Waals surface area contributed by atoms with Crippen LogP contribution in [0.1, 0.15) is 29.2 Å². The second kappa shape index (κ2) is 8.80. The highest BCUT2D eigenvalue weighted by atomic mass is 35.5. The van der Waals surface area contributed by atoms with Crippen LogP contribution in [0.2, 0.25) is 5.02 Å². The maximum Gasteiger partial charge on any atom is 0.336 e. The van der Waals surface area contributed by atoms with E-state index in [4.69, 9.17) is 16.0 Å². The molecule has 0 bridgehead atoms. The van der Waals surface area contributed by atoms with Gasteiger partial charge in [0.15, 0.2) is 0 Å². The van der Waals surface area contributed by atoms with Crippen LogP contribution in [-0.2, 0) is 17.8 Å². The van der Waals surface area contributed by atoms with E-state index in [0.717, 1.165) is 39.7 Å². The fourth-order valence-electron chi connectivity index (χ4n) is 3.47. The molecule has 0 saturated heterocycles. The van der Waals surface area contributed by atoms with Gasteiger partial charge in [-0.05, 0) is 61.7 Å². The third-order valence-electron chi connectivity index (χ3n) is 4.98. The lowest BCUT2D eigenvalue weighted by Gasteiger charge is -2.18. The van der Waals surface area contributed by atoms with Crippen molar-refractivity contribution in [2.75, 3.05) is 18.9 Å². The number of fused-ring (bicyclic) bond motifs is 1. The highest BCUT2D eigenvalue weighted by Crippen LogP contribution is 2.27. The number of anilines is 1. The minimum atomic E-state index is -0.412. The molecule has 1 amide bonds. The molecule has 152 valence electrons. The zero-order valence-electron chi connectivity index (χ0n) is 17.1. The van der Waals surface area contributed by atoms with Crippen LogP contribution in [0.3, 0.4) is 0 Å². The van der Waals surface area contributed by atoms with Crippen LogP contribution in [0.4, 0.5) is 5.69 Å². The number of aryl methyl sites for hydroxylation is 3. The second-order valence-electron chi connectivity index (χ2n) is 7.37. The number of carbonyl (C=O) groups excluding carboxylic acids is 1. The monoisotopic (exact) mass is 412 g/mol. The minimum absolute atomic E-state index is 0.108. The van der Waals surface area contributed by atoms with Crippen molar-refractivity contribution in [3.63, 3.8) is 0 Å². The van der Waals surface area contributed by atoms with Crippen LogP contribution in [0, 0.1) is 13.8 Å². The summed E-state index contributed by atoms with van der Waals surface area (Å²) in [6, 6.07) is 11.0. The molecule has 29 heavy (non-hydrogen) atoms. The first-order valence-corrected chi connectivity index (χ1v) is 9.96. The smallest absolute Gasteiger partial charge is 0.336 e. The summed E-state index contributed by atoms with van der Waals surface area (Å²) in [5.74, 6) is -0.108. The van der Waals surface area contributed by atoms with Crippen molar-refractivity contribution in [2.24, 2.45) is 0 Å². The molecule has 0 aliphatic rings. The van der Waals surface area contributed by atoms with Crippen LogP contribution in [0.15, 0.2) is 45.6 Å². The van der Waals surface area contributed by atoms with Gasteiger partial charge in [0.2, 0.25) is 5.91 Å². The number of nitrogens with zero attached hydrogens (tertiary/aromatic N) is 1. The van der Waals surface area contributed by atoms with Crippen molar-refractivity contribution >= 4 is 34.2 Å². The molecule has 3 aromatic rings. The highest BCUT2D eigenvalue weighted by Gasteiger charge is 2.14. The molecule has 0 aliphatic carbocycles. The summed E-state index contributed by atoms with van der Waals surface area (Å²) in [6.07, 6.45) is 0.751. The van der Waals surface area contributed by atoms with Crippen molar-refractivity contribution in [3.8, 4) is 0 Å². The largest absolute Gasteiger partial charge is 0.423 e. The number of nitrogens with one attached hydrogen (secondary N) is 1. The molecule has 2 aromatic carbocycles. The lowest BCUT2D eigenvalue weighted by molar-refractivity contribution is -0.117. The first-order chi connectivity index (χ1) is 13.8. The Morgan fingerprint density at radius 2 is 1.83 bits per heavy atom. The molecular formula is C23H25ClN2O3. The first kappa shape index (κ1) is 21.1. The fourth-order valence-corrected chi connectivity index (χ4v) is 3.77. The lowest BCUT2D eigenvalue weighted by Crippen LogP contribution is -2.30. The van der Waals surface area contributed by atoms with Crippen LogP contribution in [0.5, 0.6) is 0 Å². The maximum absolute atomic E-state index is 12.5. The molecule has 0 spiro atoms. The van der Waals surface area contributed by atoms with Crippen LogP contribution >= 0.6 is 11.6 Å². The van der Waals surface area contributed by atoms with E-state index in [1.165, 1.54) is 6.07 Å². The standard InChI is InChI=1S/C23H25ClN2O3/c1-5-16-9-20-18(11-19(16)24)17(10-22(28)29-20)12-26(4)13-21(27)25-23-14(2)7-6-8-15(23)3/h6-11H,5,12-13H2,1-4H3,(H,25,27). The third-order valence-corrected chi connectivity index (χ3v) is 5.33. The summed E-state index contributed by atoms with van der Waals surface area (Å²) in [7, 11) is 1.84. The maximum atomic E-state index is 12.5. The summed E-state index contributed by atoms with van der Waals surface area (Å²) < 4.78 is 5.36. The van der Waals surface area contributed by atoms with Gasteiger partial charge in [0.05, 0.1) is 6.54 Å². The van der Waals surface area contributed by atoms with Crippen LogP contribution < -0.4 is 10.9 Å². The molecule has 0 saturated carbocycles. The molecule has 0 atom stereocenters. The summed E-state index contributed by atoms with van der Waals surface area (Å²) in [4.78, 5) is 26.4. The summed E-state index contributed by atoms with van der Waals surface area (Å²) in [6.45, 7) is 6.55. The summed E-state index contributed by atoms with van der Waals surface area (Å²) >= 11 is 6.36. The Morgan fingerprint density at radius 1 is 1.14 bits per heavy atom. The number of hydrogen-bond acceptors (Lipinski definition) is 4. The van der Waals surface area contributed by atoms with Gasteiger partial charge in [0, 0.05) is 28.7 Å². The number of likely N-dealkylation sites (N-methyl/N-ethyl adjacent to an activating group) is 1. The number of halogens is 1. The number of benzene rings is 2. The number of rotatable bonds is 6. The van der Waals surface area contributed by atoms with Crippen molar-refractivity contribution in [1.29, 1.82) is 0 Å². The Bertz CT molecular complexity index is 1100. The molecule has 1 aromatic heterocycles. The van der Waals surface area contributed by atoms with E-state index in [-0.39, 0.29) is 12.5 Å². The number of hydrogen-bond donors (Lipinski definition) is 1. The topological polar surface area (TPSA) is 62.6 Å². The predicted octanol–water partition coefficient (Wildman–Crippen LogP) is 4.70. The van der Waals surface area contributed by atoms with Gasteiger partial charge in [-0.3, -0.25) is 9.69 Å². The Labute approximate surface area is 175 Å². The van der Waals surface area contributed by atoms with Crippen molar-refractivity contribution in [1.82, 2.24) is 4.90 Å². The van der Waals surface area contributed by atoms with Gasteiger partial charge in [0.25, 0.3) is 0 Å². The third kappa shape index (κ3) is 4.86. The van der Waals surface area contributed by atoms with E-state index >= 15 is 0 Å². The molecule has 1 heterocycles. The molecule has 0 fully saturated rings. The molecule has 0 radical (unpaired) electrons. The van der Waals surface area contributed by atoms with Crippen LogP contribution in [0.25, 0.3) is 11.0 Å². The van der Waals surface area contributed by atoms with E-state index in [1.54, 1.807) is 0 Å². The SMILES string of the molecule is CCc1cc2oc(=O)cc(CN(C)CC(=O)Nc3c(C)cccc3C)c2cc1Cl.